The fourth-order valence-electron chi connectivity index (χ4n) is 1.56. The van der Waals surface area contributed by atoms with Gasteiger partial charge in [-0.3, -0.25) is 0 Å². The molecule has 0 amide bonds. The summed E-state index contributed by atoms with van der Waals surface area (Å²) in [7, 11) is 2.00. The molecule has 0 aliphatic carbocycles. The van der Waals surface area contributed by atoms with Crippen LogP contribution in [0.25, 0.3) is 0 Å². The Balaban J connectivity index is 2.97. The molecule has 0 radical (unpaired) electrons. The van der Waals surface area contributed by atoms with E-state index in [1.54, 1.807) is 6.20 Å². The minimum atomic E-state index is -0.00927. The van der Waals surface area contributed by atoms with E-state index >= 15 is 0 Å². The summed E-state index contributed by atoms with van der Waals surface area (Å²) >= 11 is 0. The van der Waals surface area contributed by atoms with Gasteiger partial charge in [0.2, 0.25) is 5.95 Å². The van der Waals surface area contributed by atoms with Gasteiger partial charge in [0.1, 0.15) is 0 Å². The molecule has 1 rings (SSSR count). The third kappa shape index (κ3) is 3.16. The summed E-state index contributed by atoms with van der Waals surface area (Å²) in [5, 5.41) is 9.09. The molecule has 0 saturated carbocycles. The standard InChI is InChI=1S/C13H23N3O/c1-9-11(8-17)7-14-12(15-9)16(6)10(2)13(3,4)5/h7,10,17H,8H2,1-6H3. The topological polar surface area (TPSA) is 49.2 Å². The van der Waals surface area contributed by atoms with Crippen LogP contribution in [-0.4, -0.2) is 28.2 Å². The number of aliphatic hydroxyl groups is 1. The minimum absolute atomic E-state index is 0.00927. The molecule has 1 unspecified atom stereocenters. The molecule has 96 valence electrons. The van der Waals surface area contributed by atoms with Crippen LogP contribution in [0.5, 0.6) is 0 Å². The molecular weight excluding hydrogens is 214 g/mol. The summed E-state index contributed by atoms with van der Waals surface area (Å²) in [6.07, 6.45) is 1.70. The van der Waals surface area contributed by atoms with E-state index in [2.05, 4.69) is 42.6 Å². The summed E-state index contributed by atoms with van der Waals surface area (Å²) in [4.78, 5) is 10.8. The highest BCUT2D eigenvalue weighted by atomic mass is 16.3. The summed E-state index contributed by atoms with van der Waals surface area (Å²) < 4.78 is 0. The van der Waals surface area contributed by atoms with Crippen LogP contribution in [0.1, 0.15) is 39.0 Å². The Morgan fingerprint density at radius 2 is 2.00 bits per heavy atom. The van der Waals surface area contributed by atoms with Gasteiger partial charge in [0, 0.05) is 30.5 Å². The number of aliphatic hydroxyl groups excluding tert-OH is 1. The van der Waals surface area contributed by atoms with Gasteiger partial charge in [-0.15, -0.1) is 0 Å². The van der Waals surface area contributed by atoms with Gasteiger partial charge >= 0.3 is 0 Å². The first-order valence-electron chi connectivity index (χ1n) is 5.93. The van der Waals surface area contributed by atoms with Gasteiger partial charge in [-0.25, -0.2) is 9.97 Å². The lowest BCUT2D eigenvalue weighted by Gasteiger charge is -2.35. The van der Waals surface area contributed by atoms with E-state index in [4.69, 9.17) is 5.11 Å². The van der Waals surface area contributed by atoms with Crippen LogP contribution in [-0.2, 0) is 6.61 Å². The van der Waals surface area contributed by atoms with Crippen LogP contribution in [0.2, 0.25) is 0 Å². The van der Waals surface area contributed by atoms with Gasteiger partial charge in [-0.2, -0.15) is 0 Å². The maximum atomic E-state index is 9.09. The van der Waals surface area contributed by atoms with Gasteiger partial charge in [-0.1, -0.05) is 20.8 Å². The van der Waals surface area contributed by atoms with E-state index in [-0.39, 0.29) is 12.0 Å². The Bertz CT molecular complexity index is 385. The summed E-state index contributed by atoms with van der Waals surface area (Å²) in [6.45, 7) is 10.6. The number of aryl methyl sites for hydroxylation is 1. The van der Waals surface area contributed by atoms with Crippen molar-refractivity contribution in [3.05, 3.63) is 17.5 Å². The van der Waals surface area contributed by atoms with Crippen molar-refractivity contribution in [3.8, 4) is 0 Å². The average Bonchev–Trinajstić information content (AvgIpc) is 2.25. The molecule has 0 bridgehead atoms. The average molecular weight is 237 g/mol. The van der Waals surface area contributed by atoms with E-state index in [1.807, 2.05) is 14.0 Å². The zero-order valence-electron chi connectivity index (χ0n) is 11.7. The molecule has 17 heavy (non-hydrogen) atoms. The fourth-order valence-corrected chi connectivity index (χ4v) is 1.56. The summed E-state index contributed by atoms with van der Waals surface area (Å²) in [6, 6.07) is 0.335. The molecule has 0 aliphatic rings. The predicted molar refractivity (Wildman–Crippen MR) is 70.0 cm³/mol. The molecule has 1 atom stereocenters. The highest BCUT2D eigenvalue weighted by Gasteiger charge is 2.25. The maximum absolute atomic E-state index is 9.09. The zero-order chi connectivity index (χ0) is 13.2. The number of nitrogens with zero attached hydrogens (tertiary/aromatic N) is 3. The molecular formula is C13H23N3O. The quantitative estimate of drug-likeness (QED) is 0.875. The molecule has 0 spiro atoms. The van der Waals surface area contributed by atoms with Crippen molar-refractivity contribution in [1.82, 2.24) is 9.97 Å². The van der Waals surface area contributed by atoms with Crippen LogP contribution in [0.15, 0.2) is 6.20 Å². The lowest BCUT2D eigenvalue weighted by molar-refractivity contribution is 0.279. The smallest absolute Gasteiger partial charge is 0.225 e. The molecule has 1 heterocycles. The van der Waals surface area contributed by atoms with Crippen LogP contribution in [0.3, 0.4) is 0 Å². The molecule has 4 nitrogen and oxygen atoms in total. The predicted octanol–water partition coefficient (Wildman–Crippen LogP) is 2.15. The van der Waals surface area contributed by atoms with Gasteiger partial charge in [0.05, 0.1) is 6.61 Å². The van der Waals surface area contributed by atoms with Crippen molar-refractivity contribution in [2.45, 2.75) is 47.3 Å². The van der Waals surface area contributed by atoms with Crippen molar-refractivity contribution >= 4 is 5.95 Å². The second kappa shape index (κ2) is 5.00. The van der Waals surface area contributed by atoms with E-state index in [0.29, 0.717) is 12.0 Å². The molecule has 1 N–H and O–H groups in total. The van der Waals surface area contributed by atoms with Crippen LogP contribution in [0, 0.1) is 12.3 Å². The Kier molecular flexibility index (Phi) is 4.09. The Morgan fingerprint density at radius 3 is 2.41 bits per heavy atom. The second-order valence-electron chi connectivity index (χ2n) is 5.59. The number of rotatable bonds is 3. The van der Waals surface area contributed by atoms with E-state index in [0.717, 1.165) is 11.3 Å². The first-order valence-corrected chi connectivity index (χ1v) is 5.93. The third-order valence-electron chi connectivity index (χ3n) is 3.39. The van der Waals surface area contributed by atoms with E-state index < -0.39 is 0 Å². The third-order valence-corrected chi connectivity index (χ3v) is 3.39. The van der Waals surface area contributed by atoms with Crippen molar-refractivity contribution in [2.24, 2.45) is 5.41 Å². The highest BCUT2D eigenvalue weighted by molar-refractivity contribution is 5.33. The van der Waals surface area contributed by atoms with Gasteiger partial charge in [0.25, 0.3) is 0 Å². The first-order chi connectivity index (χ1) is 7.77. The number of anilines is 1. The summed E-state index contributed by atoms with van der Waals surface area (Å²) in [5.74, 6) is 0.710. The van der Waals surface area contributed by atoms with E-state index in [1.165, 1.54) is 0 Å². The van der Waals surface area contributed by atoms with Gasteiger partial charge in [0.15, 0.2) is 0 Å². The molecule has 1 aromatic heterocycles. The second-order valence-corrected chi connectivity index (χ2v) is 5.59. The maximum Gasteiger partial charge on any atom is 0.225 e. The largest absolute Gasteiger partial charge is 0.392 e. The molecule has 4 heteroatoms. The fraction of sp³-hybridized carbons (Fsp3) is 0.692. The minimum Gasteiger partial charge on any atom is -0.392 e. The van der Waals surface area contributed by atoms with E-state index in [9.17, 15) is 0 Å². The van der Waals surface area contributed by atoms with Crippen LogP contribution < -0.4 is 4.90 Å². The van der Waals surface area contributed by atoms with Gasteiger partial charge in [-0.05, 0) is 19.3 Å². The van der Waals surface area contributed by atoms with Crippen molar-refractivity contribution < 1.29 is 5.11 Å². The normalized spacial score (nSPS) is 13.6. The molecule has 0 fully saturated rings. The number of aromatic nitrogens is 2. The zero-order valence-corrected chi connectivity index (χ0v) is 11.7. The molecule has 0 saturated heterocycles. The molecule has 0 aliphatic heterocycles. The van der Waals surface area contributed by atoms with Crippen LogP contribution >= 0.6 is 0 Å². The Labute approximate surface area is 104 Å². The summed E-state index contributed by atoms with van der Waals surface area (Å²) in [5.41, 5.74) is 1.79. The van der Waals surface area contributed by atoms with Crippen molar-refractivity contribution in [3.63, 3.8) is 0 Å². The number of hydrogen-bond acceptors (Lipinski definition) is 4. The lowest BCUT2D eigenvalue weighted by Crippen LogP contribution is -2.40. The molecule has 1 aromatic rings. The molecule has 0 aromatic carbocycles. The Hall–Kier alpha value is -1.16. The van der Waals surface area contributed by atoms with Gasteiger partial charge < -0.3 is 10.0 Å². The first kappa shape index (κ1) is 13.9. The van der Waals surface area contributed by atoms with Crippen molar-refractivity contribution in [2.75, 3.05) is 11.9 Å². The SMILES string of the molecule is Cc1nc(N(C)C(C)C(C)(C)C)ncc1CO. The highest BCUT2D eigenvalue weighted by Crippen LogP contribution is 2.25. The number of hydrogen-bond donors (Lipinski definition) is 1. The van der Waals surface area contributed by atoms with Crippen LogP contribution in [0.4, 0.5) is 5.95 Å². The monoisotopic (exact) mass is 237 g/mol. The lowest BCUT2D eigenvalue weighted by atomic mass is 9.87. The van der Waals surface area contributed by atoms with Crippen molar-refractivity contribution in [1.29, 1.82) is 0 Å². The Morgan fingerprint density at radius 1 is 1.41 bits per heavy atom.